The maximum atomic E-state index is 13.5. The number of ether oxygens (including phenoxy) is 3. The molecule has 9 nitrogen and oxygen atoms in total. The van der Waals surface area contributed by atoms with Crippen molar-refractivity contribution in [2.45, 2.75) is 12.6 Å². The summed E-state index contributed by atoms with van der Waals surface area (Å²) in [5.74, 6) is 0.526. The molecule has 0 N–H and O–H groups in total. The van der Waals surface area contributed by atoms with E-state index in [1.54, 1.807) is 49.6 Å². The number of methoxy groups -OCH3 is 3. The predicted octanol–water partition coefficient (Wildman–Crippen LogP) is 4.41. The Balaban J connectivity index is 1.92. The van der Waals surface area contributed by atoms with Gasteiger partial charge in [-0.05, 0) is 23.8 Å². The molecule has 0 bridgehead atoms. The first-order chi connectivity index (χ1) is 15.9. The molecule has 4 rings (SSSR count). The number of nitrogens with zero attached hydrogens (tertiary/aromatic N) is 3. The van der Waals surface area contributed by atoms with Gasteiger partial charge in [0.05, 0.1) is 50.0 Å². The van der Waals surface area contributed by atoms with E-state index in [2.05, 4.69) is 4.98 Å². The SMILES string of the molecule is COc1ccc(CN2C(=O)c3cnc(OC)c([N+](=O)[O-])c3C2c2ccccc2Cl)c(OC)c1. The molecule has 170 valence electrons. The van der Waals surface area contributed by atoms with Crippen LogP contribution in [0.1, 0.15) is 33.1 Å². The van der Waals surface area contributed by atoms with Crippen molar-refractivity contribution in [3.8, 4) is 17.4 Å². The fourth-order valence-corrected chi connectivity index (χ4v) is 4.29. The van der Waals surface area contributed by atoms with Crippen LogP contribution in [0.5, 0.6) is 17.4 Å². The topological polar surface area (TPSA) is 104 Å². The summed E-state index contributed by atoms with van der Waals surface area (Å²) in [6, 6.07) is 11.3. The summed E-state index contributed by atoms with van der Waals surface area (Å²) < 4.78 is 15.9. The van der Waals surface area contributed by atoms with Crippen LogP contribution in [0.25, 0.3) is 0 Å². The molecule has 33 heavy (non-hydrogen) atoms. The van der Waals surface area contributed by atoms with Gasteiger partial charge in [-0.2, -0.15) is 0 Å². The summed E-state index contributed by atoms with van der Waals surface area (Å²) in [7, 11) is 4.36. The number of hydrogen-bond donors (Lipinski definition) is 0. The van der Waals surface area contributed by atoms with Gasteiger partial charge in [-0.1, -0.05) is 29.8 Å². The van der Waals surface area contributed by atoms with Gasteiger partial charge in [0.15, 0.2) is 0 Å². The van der Waals surface area contributed by atoms with Gasteiger partial charge < -0.3 is 19.1 Å². The third-order valence-electron chi connectivity index (χ3n) is 5.55. The van der Waals surface area contributed by atoms with Crippen LogP contribution < -0.4 is 14.2 Å². The molecule has 2 heterocycles. The lowest BCUT2D eigenvalue weighted by molar-refractivity contribution is -0.387. The van der Waals surface area contributed by atoms with Crippen LogP contribution in [0, 0.1) is 10.1 Å². The molecule has 1 aliphatic heterocycles. The summed E-state index contributed by atoms with van der Waals surface area (Å²) >= 11 is 6.49. The number of carbonyl (C=O) groups is 1. The number of amides is 1. The first-order valence-corrected chi connectivity index (χ1v) is 10.3. The predicted molar refractivity (Wildman–Crippen MR) is 120 cm³/mol. The van der Waals surface area contributed by atoms with Crippen molar-refractivity contribution < 1.29 is 23.9 Å². The van der Waals surface area contributed by atoms with Gasteiger partial charge in [0, 0.05) is 22.8 Å². The standard InChI is InChI=1S/C23H20ClN3O6/c1-31-14-9-8-13(18(10-14)32-2)12-26-20(15-6-4-5-7-17(15)24)19-16(23(26)28)11-25-22(33-3)21(19)27(29)30/h4-11,20H,12H2,1-3H3. The van der Waals surface area contributed by atoms with Gasteiger partial charge in [0.1, 0.15) is 11.5 Å². The number of pyridine rings is 1. The van der Waals surface area contributed by atoms with E-state index in [4.69, 9.17) is 25.8 Å². The van der Waals surface area contributed by atoms with Gasteiger partial charge >= 0.3 is 5.69 Å². The van der Waals surface area contributed by atoms with E-state index in [0.29, 0.717) is 27.6 Å². The molecule has 1 amide bonds. The number of halogens is 1. The molecule has 10 heteroatoms. The number of fused-ring (bicyclic) bond motifs is 1. The average molecular weight is 470 g/mol. The second-order valence-electron chi connectivity index (χ2n) is 7.24. The quantitative estimate of drug-likeness (QED) is 0.372. The smallest absolute Gasteiger partial charge is 0.337 e. The Bertz CT molecular complexity index is 1250. The highest BCUT2D eigenvalue weighted by atomic mass is 35.5. The molecule has 0 saturated heterocycles. The lowest BCUT2D eigenvalue weighted by atomic mass is 9.97. The van der Waals surface area contributed by atoms with E-state index in [0.717, 1.165) is 0 Å². The molecule has 2 aromatic carbocycles. The molecule has 1 aliphatic rings. The van der Waals surface area contributed by atoms with Gasteiger partial charge in [0.25, 0.3) is 11.8 Å². The Hall–Kier alpha value is -3.85. The van der Waals surface area contributed by atoms with Crippen molar-refractivity contribution in [2.75, 3.05) is 21.3 Å². The lowest BCUT2D eigenvalue weighted by Crippen LogP contribution is -2.28. The number of carbonyl (C=O) groups excluding carboxylic acids is 1. The highest BCUT2D eigenvalue weighted by molar-refractivity contribution is 6.31. The summed E-state index contributed by atoms with van der Waals surface area (Å²) in [4.78, 5) is 30.5. The number of rotatable bonds is 7. The van der Waals surface area contributed by atoms with Gasteiger partial charge in [0.2, 0.25) is 0 Å². The molecule has 0 aliphatic carbocycles. The van der Waals surface area contributed by atoms with Crippen molar-refractivity contribution in [1.29, 1.82) is 0 Å². The van der Waals surface area contributed by atoms with Crippen molar-refractivity contribution in [2.24, 2.45) is 0 Å². The minimum atomic E-state index is -0.828. The fraction of sp³-hybridized carbons (Fsp3) is 0.217. The Morgan fingerprint density at radius 1 is 1.12 bits per heavy atom. The van der Waals surface area contributed by atoms with Crippen LogP contribution in [0.15, 0.2) is 48.7 Å². The van der Waals surface area contributed by atoms with Crippen molar-refractivity contribution in [3.05, 3.63) is 86.1 Å². The maximum absolute atomic E-state index is 13.5. The zero-order valence-electron chi connectivity index (χ0n) is 18.1. The van der Waals surface area contributed by atoms with E-state index in [-0.39, 0.29) is 29.2 Å². The van der Waals surface area contributed by atoms with E-state index >= 15 is 0 Å². The normalized spacial score (nSPS) is 14.7. The molecule has 0 spiro atoms. The first-order valence-electron chi connectivity index (χ1n) is 9.88. The molecule has 1 atom stereocenters. The van der Waals surface area contributed by atoms with Crippen molar-refractivity contribution in [1.82, 2.24) is 9.88 Å². The second kappa shape index (κ2) is 8.95. The van der Waals surface area contributed by atoms with Crippen molar-refractivity contribution >= 4 is 23.2 Å². The minimum Gasteiger partial charge on any atom is -0.497 e. The van der Waals surface area contributed by atoms with Gasteiger partial charge in [-0.3, -0.25) is 14.9 Å². The van der Waals surface area contributed by atoms with E-state index < -0.39 is 16.9 Å². The fourth-order valence-electron chi connectivity index (χ4n) is 4.05. The molecule has 0 radical (unpaired) electrons. The van der Waals surface area contributed by atoms with Crippen LogP contribution in [0.2, 0.25) is 5.02 Å². The Labute approximate surface area is 194 Å². The zero-order chi connectivity index (χ0) is 23.7. The summed E-state index contributed by atoms with van der Waals surface area (Å²) in [5, 5.41) is 12.4. The molecule has 0 fully saturated rings. The van der Waals surface area contributed by atoms with E-state index in [1.807, 2.05) is 0 Å². The Kier molecular flexibility index (Phi) is 6.06. The van der Waals surface area contributed by atoms with Crippen LogP contribution in [0.3, 0.4) is 0 Å². The van der Waals surface area contributed by atoms with E-state index in [9.17, 15) is 14.9 Å². The number of nitro groups is 1. The van der Waals surface area contributed by atoms with Crippen LogP contribution in [0.4, 0.5) is 5.69 Å². The Morgan fingerprint density at radius 2 is 1.88 bits per heavy atom. The minimum absolute atomic E-state index is 0.107. The van der Waals surface area contributed by atoms with Crippen LogP contribution in [-0.2, 0) is 6.54 Å². The highest BCUT2D eigenvalue weighted by Gasteiger charge is 2.45. The molecule has 3 aromatic rings. The molecule has 1 aromatic heterocycles. The third kappa shape index (κ3) is 3.80. The third-order valence-corrected chi connectivity index (χ3v) is 5.89. The lowest BCUT2D eigenvalue weighted by Gasteiger charge is -2.27. The molecule has 1 unspecified atom stereocenters. The average Bonchev–Trinajstić information content (AvgIpc) is 3.10. The molecular formula is C23H20ClN3O6. The van der Waals surface area contributed by atoms with Crippen LogP contribution in [-0.4, -0.2) is 42.0 Å². The summed E-state index contributed by atoms with van der Waals surface area (Å²) in [5.41, 5.74) is 1.20. The highest BCUT2D eigenvalue weighted by Crippen LogP contribution is 2.48. The summed E-state index contributed by atoms with van der Waals surface area (Å²) in [6.07, 6.45) is 1.30. The summed E-state index contributed by atoms with van der Waals surface area (Å²) in [6.45, 7) is 0.107. The maximum Gasteiger partial charge on any atom is 0.337 e. The van der Waals surface area contributed by atoms with Gasteiger partial charge in [-0.25, -0.2) is 4.98 Å². The van der Waals surface area contributed by atoms with Crippen molar-refractivity contribution in [3.63, 3.8) is 0 Å². The number of benzene rings is 2. The number of hydrogen-bond acceptors (Lipinski definition) is 7. The largest absolute Gasteiger partial charge is 0.497 e. The zero-order valence-corrected chi connectivity index (χ0v) is 18.8. The van der Waals surface area contributed by atoms with Crippen LogP contribution >= 0.6 is 11.6 Å². The number of aromatic nitrogens is 1. The second-order valence-corrected chi connectivity index (χ2v) is 7.64. The Morgan fingerprint density at radius 3 is 2.52 bits per heavy atom. The first kappa shape index (κ1) is 22.3. The monoisotopic (exact) mass is 469 g/mol. The van der Waals surface area contributed by atoms with Gasteiger partial charge in [-0.15, -0.1) is 0 Å². The molecule has 0 saturated carbocycles. The molecular weight excluding hydrogens is 450 g/mol. The van der Waals surface area contributed by atoms with E-state index in [1.165, 1.54) is 25.3 Å².